The number of nitrogens with one attached hydrogen (secondary N) is 1. The highest BCUT2D eigenvalue weighted by Gasteiger charge is 2.45. The first-order chi connectivity index (χ1) is 12.2. The predicted molar refractivity (Wildman–Crippen MR) is 100.0 cm³/mol. The number of ketones is 1. The SMILES string of the molecule is CCCCNC1=C(C(C)=O)CC(c2ccccc2)(c2ccccc2)O1. The first kappa shape index (κ1) is 17.3. The van der Waals surface area contributed by atoms with Crippen LogP contribution >= 0.6 is 0 Å². The van der Waals surface area contributed by atoms with Crippen LogP contribution in [0, 0.1) is 0 Å². The summed E-state index contributed by atoms with van der Waals surface area (Å²) < 4.78 is 6.49. The monoisotopic (exact) mass is 335 g/mol. The lowest BCUT2D eigenvalue weighted by atomic mass is 9.82. The van der Waals surface area contributed by atoms with Gasteiger partial charge in [-0.1, -0.05) is 74.0 Å². The number of ether oxygens (including phenoxy) is 1. The van der Waals surface area contributed by atoms with E-state index in [-0.39, 0.29) is 5.78 Å². The van der Waals surface area contributed by atoms with Crippen molar-refractivity contribution in [3.05, 3.63) is 83.2 Å². The van der Waals surface area contributed by atoms with Crippen molar-refractivity contribution >= 4 is 5.78 Å². The summed E-state index contributed by atoms with van der Waals surface area (Å²) in [5, 5.41) is 3.34. The van der Waals surface area contributed by atoms with Crippen LogP contribution in [0.2, 0.25) is 0 Å². The highest BCUT2D eigenvalue weighted by molar-refractivity contribution is 5.94. The Morgan fingerprint density at radius 3 is 2.08 bits per heavy atom. The maximum atomic E-state index is 12.3. The first-order valence-electron chi connectivity index (χ1n) is 8.95. The fourth-order valence-electron chi connectivity index (χ4n) is 3.31. The summed E-state index contributed by atoms with van der Waals surface area (Å²) in [6.45, 7) is 4.57. The zero-order chi connectivity index (χ0) is 17.7. The van der Waals surface area contributed by atoms with Crippen molar-refractivity contribution in [1.29, 1.82) is 0 Å². The van der Waals surface area contributed by atoms with Crippen molar-refractivity contribution in [3.63, 3.8) is 0 Å². The van der Waals surface area contributed by atoms with E-state index in [1.807, 2.05) is 36.4 Å². The zero-order valence-corrected chi connectivity index (χ0v) is 14.9. The van der Waals surface area contributed by atoms with Gasteiger partial charge in [0.05, 0.1) is 5.57 Å². The Morgan fingerprint density at radius 2 is 1.60 bits per heavy atom. The molecule has 0 aliphatic carbocycles. The van der Waals surface area contributed by atoms with E-state index in [4.69, 9.17) is 4.74 Å². The summed E-state index contributed by atoms with van der Waals surface area (Å²) in [4.78, 5) is 12.3. The van der Waals surface area contributed by atoms with E-state index in [2.05, 4.69) is 36.5 Å². The topological polar surface area (TPSA) is 38.3 Å². The summed E-state index contributed by atoms with van der Waals surface area (Å²) in [5.74, 6) is 0.696. The zero-order valence-electron chi connectivity index (χ0n) is 14.9. The van der Waals surface area contributed by atoms with Crippen molar-refractivity contribution in [3.8, 4) is 0 Å². The Balaban J connectivity index is 2.02. The van der Waals surface area contributed by atoms with E-state index in [0.29, 0.717) is 12.3 Å². The van der Waals surface area contributed by atoms with Crippen molar-refractivity contribution < 1.29 is 9.53 Å². The summed E-state index contributed by atoms with van der Waals surface area (Å²) in [6.07, 6.45) is 2.69. The van der Waals surface area contributed by atoms with Crippen LogP contribution in [0.5, 0.6) is 0 Å². The minimum absolute atomic E-state index is 0.0627. The van der Waals surface area contributed by atoms with Gasteiger partial charge >= 0.3 is 0 Å². The maximum Gasteiger partial charge on any atom is 0.195 e. The second-order valence-electron chi connectivity index (χ2n) is 6.48. The predicted octanol–water partition coefficient (Wildman–Crippen LogP) is 4.54. The molecular weight excluding hydrogens is 310 g/mol. The molecule has 3 rings (SSSR count). The number of hydrogen-bond donors (Lipinski definition) is 1. The lowest BCUT2D eigenvalue weighted by Crippen LogP contribution is -2.29. The molecule has 3 nitrogen and oxygen atoms in total. The molecule has 0 aromatic heterocycles. The molecule has 0 unspecified atom stereocenters. The third-order valence-corrected chi connectivity index (χ3v) is 4.70. The number of rotatable bonds is 7. The Morgan fingerprint density at radius 1 is 1.04 bits per heavy atom. The van der Waals surface area contributed by atoms with Crippen LogP contribution in [0.4, 0.5) is 0 Å². The fraction of sp³-hybridized carbons (Fsp3) is 0.318. The molecule has 1 aliphatic heterocycles. The van der Waals surface area contributed by atoms with Gasteiger partial charge in [0, 0.05) is 24.1 Å². The smallest absolute Gasteiger partial charge is 0.195 e. The Hall–Kier alpha value is -2.55. The molecule has 1 heterocycles. The van der Waals surface area contributed by atoms with E-state index in [0.717, 1.165) is 36.1 Å². The normalized spacial score (nSPS) is 15.8. The maximum absolute atomic E-state index is 12.3. The van der Waals surface area contributed by atoms with Gasteiger partial charge < -0.3 is 10.1 Å². The summed E-state index contributed by atoms with van der Waals surface area (Å²) in [6, 6.07) is 20.3. The number of unbranched alkanes of at least 4 members (excludes halogenated alkanes) is 1. The van der Waals surface area contributed by atoms with E-state index in [1.165, 1.54) is 0 Å². The fourth-order valence-corrected chi connectivity index (χ4v) is 3.31. The third kappa shape index (κ3) is 3.46. The van der Waals surface area contributed by atoms with E-state index in [1.54, 1.807) is 6.92 Å². The van der Waals surface area contributed by atoms with Crippen LogP contribution in [-0.2, 0) is 15.1 Å². The molecule has 130 valence electrons. The van der Waals surface area contributed by atoms with E-state index >= 15 is 0 Å². The molecule has 2 aromatic rings. The molecule has 0 saturated heterocycles. The van der Waals surface area contributed by atoms with Crippen LogP contribution in [0.25, 0.3) is 0 Å². The molecule has 25 heavy (non-hydrogen) atoms. The van der Waals surface area contributed by atoms with Gasteiger partial charge in [0.1, 0.15) is 0 Å². The number of hydrogen-bond acceptors (Lipinski definition) is 3. The summed E-state index contributed by atoms with van der Waals surface area (Å²) in [5.41, 5.74) is 2.21. The lowest BCUT2D eigenvalue weighted by Gasteiger charge is -2.31. The van der Waals surface area contributed by atoms with Crippen LogP contribution in [0.3, 0.4) is 0 Å². The van der Waals surface area contributed by atoms with Crippen molar-refractivity contribution in [1.82, 2.24) is 5.32 Å². The largest absolute Gasteiger partial charge is 0.462 e. The average molecular weight is 335 g/mol. The van der Waals surface area contributed by atoms with E-state index < -0.39 is 5.60 Å². The van der Waals surface area contributed by atoms with Gasteiger partial charge in [-0.25, -0.2) is 0 Å². The molecule has 0 amide bonds. The molecule has 0 bridgehead atoms. The van der Waals surface area contributed by atoms with Gasteiger partial charge in [-0.05, 0) is 13.3 Å². The van der Waals surface area contributed by atoms with Gasteiger partial charge in [0.15, 0.2) is 17.3 Å². The van der Waals surface area contributed by atoms with Gasteiger partial charge in [-0.15, -0.1) is 0 Å². The first-order valence-corrected chi connectivity index (χ1v) is 8.95. The number of Topliss-reactive ketones (excluding diaryl/α,β-unsaturated/α-hetero) is 1. The third-order valence-electron chi connectivity index (χ3n) is 4.70. The van der Waals surface area contributed by atoms with Crippen LogP contribution in [-0.4, -0.2) is 12.3 Å². The molecule has 0 radical (unpaired) electrons. The quantitative estimate of drug-likeness (QED) is 0.755. The molecule has 3 heteroatoms. The number of carbonyl (C=O) groups is 1. The Bertz CT molecular complexity index is 711. The molecule has 2 aromatic carbocycles. The highest BCUT2D eigenvalue weighted by atomic mass is 16.5. The minimum Gasteiger partial charge on any atom is -0.462 e. The van der Waals surface area contributed by atoms with Crippen LogP contribution < -0.4 is 5.32 Å². The molecule has 1 N–H and O–H groups in total. The Labute approximate surface area is 149 Å². The van der Waals surface area contributed by atoms with Crippen LogP contribution in [0.15, 0.2) is 72.1 Å². The molecule has 1 aliphatic rings. The summed E-state index contributed by atoms with van der Waals surface area (Å²) in [7, 11) is 0. The second-order valence-corrected chi connectivity index (χ2v) is 6.48. The molecule has 0 fully saturated rings. The second kappa shape index (κ2) is 7.56. The number of benzene rings is 2. The molecule has 0 atom stereocenters. The molecule has 0 spiro atoms. The van der Waals surface area contributed by atoms with Crippen LogP contribution in [0.1, 0.15) is 44.2 Å². The van der Waals surface area contributed by atoms with Crippen molar-refractivity contribution in [2.75, 3.05) is 6.54 Å². The minimum atomic E-state index is -0.655. The van der Waals surface area contributed by atoms with Crippen molar-refractivity contribution in [2.45, 2.75) is 38.7 Å². The van der Waals surface area contributed by atoms with Gasteiger partial charge in [0.2, 0.25) is 0 Å². The molecule has 0 saturated carbocycles. The molecular formula is C22H25NO2. The number of carbonyl (C=O) groups excluding carboxylic acids is 1. The highest BCUT2D eigenvalue weighted by Crippen LogP contribution is 2.46. The lowest BCUT2D eigenvalue weighted by molar-refractivity contribution is -0.113. The average Bonchev–Trinajstić information content (AvgIpc) is 3.05. The van der Waals surface area contributed by atoms with Crippen molar-refractivity contribution in [2.24, 2.45) is 0 Å². The standard InChI is InChI=1S/C22H25NO2/c1-3-4-15-23-21-20(17(2)24)16-22(25-21,18-11-7-5-8-12-18)19-13-9-6-10-14-19/h5-14,23H,3-4,15-16H2,1-2H3. The summed E-state index contributed by atoms with van der Waals surface area (Å²) >= 11 is 0. The van der Waals surface area contributed by atoms with Gasteiger partial charge in [0.25, 0.3) is 0 Å². The Kier molecular flexibility index (Phi) is 5.22. The van der Waals surface area contributed by atoms with Gasteiger partial charge in [-0.3, -0.25) is 4.79 Å². The van der Waals surface area contributed by atoms with E-state index in [9.17, 15) is 4.79 Å². The van der Waals surface area contributed by atoms with Gasteiger partial charge in [-0.2, -0.15) is 0 Å².